The Morgan fingerprint density at radius 2 is 1.75 bits per heavy atom. The van der Waals surface area contributed by atoms with Crippen molar-refractivity contribution in [3.05, 3.63) is 59.7 Å². The van der Waals surface area contributed by atoms with E-state index < -0.39 is 0 Å². The number of halogens is 1. The molecule has 0 saturated carbocycles. The smallest absolute Gasteiger partial charge is 0.255 e. The van der Waals surface area contributed by atoms with Crippen molar-refractivity contribution in [3.8, 4) is 0 Å². The monoisotopic (exact) mass is 288 g/mol. The third-order valence-electron chi connectivity index (χ3n) is 3.06. The molecule has 0 unspecified atom stereocenters. The molecule has 0 saturated heterocycles. The summed E-state index contributed by atoms with van der Waals surface area (Å²) in [4.78, 5) is 14.2. The Hall–Kier alpha value is -2.00. The van der Waals surface area contributed by atoms with E-state index in [0.717, 1.165) is 16.9 Å². The molecule has 0 spiro atoms. The van der Waals surface area contributed by atoms with Gasteiger partial charge in [0.2, 0.25) is 0 Å². The molecule has 2 aromatic rings. The summed E-state index contributed by atoms with van der Waals surface area (Å²) >= 11 is 5.86. The summed E-state index contributed by atoms with van der Waals surface area (Å²) in [5, 5.41) is 2.89. The fraction of sp³-hybridized carbons (Fsp3) is 0.188. The van der Waals surface area contributed by atoms with E-state index in [0.29, 0.717) is 11.4 Å². The highest BCUT2D eigenvalue weighted by Crippen LogP contribution is 2.19. The van der Waals surface area contributed by atoms with E-state index in [1.807, 2.05) is 67.5 Å². The van der Waals surface area contributed by atoms with Gasteiger partial charge >= 0.3 is 0 Å². The average Bonchev–Trinajstić information content (AvgIpc) is 2.48. The molecule has 0 heterocycles. The first-order valence-corrected chi connectivity index (χ1v) is 6.88. The van der Waals surface area contributed by atoms with Gasteiger partial charge < -0.3 is 10.2 Å². The lowest BCUT2D eigenvalue weighted by atomic mass is 10.1. The van der Waals surface area contributed by atoms with Crippen molar-refractivity contribution in [1.29, 1.82) is 0 Å². The molecule has 0 aliphatic carbocycles. The van der Waals surface area contributed by atoms with E-state index in [9.17, 15) is 4.79 Å². The van der Waals surface area contributed by atoms with Gasteiger partial charge in [-0.3, -0.25) is 4.79 Å². The van der Waals surface area contributed by atoms with E-state index in [4.69, 9.17) is 11.6 Å². The van der Waals surface area contributed by atoms with Crippen LogP contribution in [0.3, 0.4) is 0 Å². The molecule has 3 nitrogen and oxygen atoms in total. The van der Waals surface area contributed by atoms with E-state index in [2.05, 4.69) is 5.32 Å². The minimum Gasteiger partial charge on any atom is -0.378 e. The number of hydrogen-bond acceptors (Lipinski definition) is 2. The second-order valence-electron chi connectivity index (χ2n) is 4.69. The van der Waals surface area contributed by atoms with Crippen LogP contribution in [0, 0.1) is 0 Å². The lowest BCUT2D eigenvalue weighted by molar-refractivity contribution is 0.102. The van der Waals surface area contributed by atoms with Crippen LogP contribution in [0.1, 0.15) is 15.9 Å². The number of para-hydroxylation sites is 1. The molecule has 0 radical (unpaired) electrons. The summed E-state index contributed by atoms with van der Waals surface area (Å²) in [5.74, 6) is 0.239. The molecule has 2 rings (SSSR count). The molecule has 0 bridgehead atoms. The van der Waals surface area contributed by atoms with Crippen molar-refractivity contribution in [3.63, 3.8) is 0 Å². The number of carbonyl (C=O) groups excluding carboxylic acids is 1. The van der Waals surface area contributed by atoms with Crippen molar-refractivity contribution in [2.45, 2.75) is 5.88 Å². The van der Waals surface area contributed by atoms with Crippen molar-refractivity contribution >= 4 is 28.9 Å². The first-order valence-electron chi connectivity index (χ1n) is 6.34. The Balaban J connectivity index is 2.15. The standard InChI is InChI=1S/C16H17ClN2O/c1-19(2)14-9-7-12(8-10-14)16(20)18-15-6-4-3-5-13(15)11-17/h3-10H,11H2,1-2H3,(H,18,20). The zero-order chi connectivity index (χ0) is 14.5. The van der Waals surface area contributed by atoms with Gasteiger partial charge in [0.15, 0.2) is 0 Å². The summed E-state index contributed by atoms with van der Waals surface area (Å²) in [6, 6.07) is 15.0. The van der Waals surface area contributed by atoms with Crippen LogP contribution in [-0.4, -0.2) is 20.0 Å². The fourth-order valence-electron chi connectivity index (χ4n) is 1.86. The van der Waals surface area contributed by atoms with Gasteiger partial charge in [0.25, 0.3) is 5.91 Å². The van der Waals surface area contributed by atoms with E-state index >= 15 is 0 Å². The minimum absolute atomic E-state index is 0.132. The number of carbonyl (C=O) groups is 1. The number of hydrogen-bond donors (Lipinski definition) is 1. The largest absolute Gasteiger partial charge is 0.378 e. The molecular weight excluding hydrogens is 272 g/mol. The topological polar surface area (TPSA) is 32.3 Å². The molecule has 104 valence electrons. The van der Waals surface area contributed by atoms with Gasteiger partial charge in [0.1, 0.15) is 0 Å². The number of nitrogens with one attached hydrogen (secondary N) is 1. The molecule has 1 amide bonds. The summed E-state index contributed by atoms with van der Waals surface area (Å²) < 4.78 is 0. The maximum absolute atomic E-state index is 12.2. The van der Waals surface area contributed by atoms with Gasteiger partial charge in [0.05, 0.1) is 0 Å². The summed E-state index contributed by atoms with van der Waals surface area (Å²) in [7, 11) is 3.93. The van der Waals surface area contributed by atoms with Crippen LogP contribution in [0.25, 0.3) is 0 Å². The highest BCUT2D eigenvalue weighted by atomic mass is 35.5. The van der Waals surface area contributed by atoms with Gasteiger partial charge in [-0.1, -0.05) is 18.2 Å². The Kier molecular flexibility index (Phi) is 4.64. The molecule has 0 aromatic heterocycles. The number of nitrogens with zero attached hydrogens (tertiary/aromatic N) is 1. The van der Waals surface area contributed by atoms with Crippen LogP contribution < -0.4 is 10.2 Å². The number of rotatable bonds is 4. The van der Waals surface area contributed by atoms with Gasteiger partial charge in [-0.15, -0.1) is 11.6 Å². The lowest BCUT2D eigenvalue weighted by Gasteiger charge is -2.13. The van der Waals surface area contributed by atoms with Gasteiger partial charge in [-0.2, -0.15) is 0 Å². The quantitative estimate of drug-likeness (QED) is 0.869. The molecule has 0 atom stereocenters. The van der Waals surface area contributed by atoms with Crippen LogP contribution in [0.15, 0.2) is 48.5 Å². The Bertz CT molecular complexity index is 594. The van der Waals surface area contributed by atoms with Crippen molar-refractivity contribution in [1.82, 2.24) is 0 Å². The number of amides is 1. The molecule has 2 aromatic carbocycles. The Morgan fingerprint density at radius 3 is 2.35 bits per heavy atom. The van der Waals surface area contributed by atoms with Crippen LogP contribution in [0.2, 0.25) is 0 Å². The molecule has 20 heavy (non-hydrogen) atoms. The van der Waals surface area contributed by atoms with Gasteiger partial charge in [-0.25, -0.2) is 0 Å². The zero-order valence-electron chi connectivity index (χ0n) is 11.6. The number of benzene rings is 2. The number of anilines is 2. The lowest BCUT2D eigenvalue weighted by Crippen LogP contribution is -2.14. The first-order chi connectivity index (χ1) is 9.61. The van der Waals surface area contributed by atoms with Crippen LogP contribution in [0.4, 0.5) is 11.4 Å². The van der Waals surface area contributed by atoms with Crippen molar-refractivity contribution in [2.75, 3.05) is 24.3 Å². The van der Waals surface area contributed by atoms with Crippen molar-refractivity contribution in [2.24, 2.45) is 0 Å². The summed E-state index contributed by atoms with van der Waals surface area (Å²) in [5.41, 5.74) is 3.35. The minimum atomic E-state index is -0.132. The third-order valence-corrected chi connectivity index (χ3v) is 3.34. The average molecular weight is 289 g/mol. The van der Waals surface area contributed by atoms with Gasteiger partial charge in [-0.05, 0) is 35.9 Å². The molecule has 0 fully saturated rings. The summed E-state index contributed by atoms with van der Waals surface area (Å²) in [6.45, 7) is 0. The third kappa shape index (κ3) is 3.31. The maximum atomic E-state index is 12.2. The van der Waals surface area contributed by atoms with Crippen LogP contribution in [0.5, 0.6) is 0 Å². The predicted octanol–water partition coefficient (Wildman–Crippen LogP) is 3.74. The highest BCUT2D eigenvalue weighted by molar-refractivity contribution is 6.17. The maximum Gasteiger partial charge on any atom is 0.255 e. The molecule has 0 aliphatic heterocycles. The second-order valence-corrected chi connectivity index (χ2v) is 4.95. The molecule has 1 N–H and O–H groups in total. The Morgan fingerprint density at radius 1 is 1.10 bits per heavy atom. The van der Waals surface area contributed by atoms with Crippen LogP contribution >= 0.6 is 11.6 Å². The van der Waals surface area contributed by atoms with Crippen LogP contribution in [-0.2, 0) is 5.88 Å². The van der Waals surface area contributed by atoms with Crippen molar-refractivity contribution < 1.29 is 4.79 Å². The Labute approximate surface area is 124 Å². The van der Waals surface area contributed by atoms with E-state index in [1.54, 1.807) is 0 Å². The molecule has 0 aliphatic rings. The first kappa shape index (κ1) is 14.4. The summed E-state index contributed by atoms with van der Waals surface area (Å²) in [6.07, 6.45) is 0. The molecule has 4 heteroatoms. The fourth-order valence-corrected chi connectivity index (χ4v) is 2.10. The zero-order valence-corrected chi connectivity index (χ0v) is 12.3. The second kappa shape index (κ2) is 6.44. The molecular formula is C16H17ClN2O. The SMILES string of the molecule is CN(C)c1ccc(C(=O)Nc2ccccc2CCl)cc1. The van der Waals surface area contributed by atoms with E-state index in [1.165, 1.54) is 0 Å². The van der Waals surface area contributed by atoms with Gasteiger partial charge in [0, 0.05) is 36.9 Å². The van der Waals surface area contributed by atoms with E-state index in [-0.39, 0.29) is 5.91 Å². The predicted molar refractivity (Wildman–Crippen MR) is 84.7 cm³/mol. The number of alkyl halides is 1. The highest BCUT2D eigenvalue weighted by Gasteiger charge is 2.08. The normalized spacial score (nSPS) is 10.2.